The van der Waals surface area contributed by atoms with Gasteiger partial charge >= 0.3 is 76.4 Å². The van der Waals surface area contributed by atoms with Crippen molar-refractivity contribution in [1.29, 1.82) is 0 Å². The van der Waals surface area contributed by atoms with Gasteiger partial charge in [0.05, 0.1) is 0 Å². The first-order valence-corrected chi connectivity index (χ1v) is 12.9. The standard InChI is InChI=1S/C5H8ClO.ClH.Hg/c1-4(6)5(2,3)7;;/h1,7H,2-3H3;1H;/q;;+1/p-1. The molecule has 0 aliphatic carbocycles. The van der Waals surface area contributed by atoms with Crippen molar-refractivity contribution in [3.8, 4) is 0 Å². The predicted molar refractivity (Wildman–Crippen MR) is 36.1 cm³/mol. The third kappa shape index (κ3) is 4.60. The Balaban J connectivity index is 4.03. The molecule has 0 saturated heterocycles. The summed E-state index contributed by atoms with van der Waals surface area (Å²) in [5.74, 6) is 0. The average Bonchev–Trinajstić information content (AvgIpc) is 1.64. The van der Waals surface area contributed by atoms with Crippen molar-refractivity contribution in [2.45, 2.75) is 19.4 Å². The summed E-state index contributed by atoms with van der Waals surface area (Å²) < 4.78 is 1.79. The molecule has 1 N–H and O–H groups in total. The summed E-state index contributed by atoms with van der Waals surface area (Å²) >= 11 is 4.33. The van der Waals surface area contributed by atoms with Crippen LogP contribution in [0.1, 0.15) is 13.8 Å². The molecule has 0 atom stereocenters. The number of hydrogen-bond acceptors (Lipinski definition) is 1. The van der Waals surface area contributed by atoms with Gasteiger partial charge in [-0.25, -0.2) is 0 Å². The maximum atomic E-state index is 9.19. The van der Waals surface area contributed by atoms with Crippen LogP contribution in [-0.2, 0) is 23.3 Å². The minimum atomic E-state index is -1.31. The Kier molecular flexibility index (Phi) is 4.73. The van der Waals surface area contributed by atoms with Crippen LogP contribution in [0, 0.1) is 0 Å². The molecule has 0 fully saturated rings. The van der Waals surface area contributed by atoms with Crippen LogP contribution in [0.4, 0.5) is 0 Å². The van der Waals surface area contributed by atoms with E-state index in [1.165, 1.54) is 0 Å². The van der Waals surface area contributed by atoms with Gasteiger partial charge in [-0.1, -0.05) is 0 Å². The molecule has 0 aromatic heterocycles. The molecular formula is C5H8Cl2HgO. The van der Waals surface area contributed by atoms with Gasteiger partial charge in [-0.05, 0) is 0 Å². The monoisotopic (exact) mass is 356 g/mol. The van der Waals surface area contributed by atoms with Crippen LogP contribution in [0.25, 0.3) is 0 Å². The fourth-order valence-electron chi connectivity index (χ4n) is 0.318. The van der Waals surface area contributed by atoms with Gasteiger partial charge in [0.15, 0.2) is 0 Å². The third-order valence-corrected chi connectivity index (χ3v) is 6.00. The average molecular weight is 356 g/mol. The van der Waals surface area contributed by atoms with E-state index in [2.05, 4.69) is 0 Å². The van der Waals surface area contributed by atoms with Gasteiger partial charge < -0.3 is 0 Å². The zero-order valence-electron chi connectivity index (χ0n) is 5.49. The molecule has 0 saturated carbocycles. The van der Waals surface area contributed by atoms with Crippen LogP contribution in [-0.4, -0.2) is 10.7 Å². The first kappa shape index (κ1) is 10.2. The summed E-state index contributed by atoms with van der Waals surface area (Å²) in [6.45, 7) is 3.29. The molecule has 1 nitrogen and oxygen atoms in total. The van der Waals surface area contributed by atoms with Crippen LogP contribution >= 0.6 is 19.9 Å². The van der Waals surface area contributed by atoms with Crippen molar-refractivity contribution in [3.05, 3.63) is 8.62 Å². The molecule has 50 valence electrons. The van der Waals surface area contributed by atoms with E-state index < -0.39 is 28.9 Å². The van der Waals surface area contributed by atoms with Gasteiger partial charge in [0, 0.05) is 0 Å². The summed E-state index contributed by atoms with van der Waals surface area (Å²) in [4.78, 5) is 0. The molecule has 4 heteroatoms. The molecule has 0 heterocycles. The summed E-state index contributed by atoms with van der Waals surface area (Å²) in [5.41, 5.74) is -0.892. The van der Waals surface area contributed by atoms with Gasteiger partial charge in [-0.2, -0.15) is 0 Å². The maximum absolute atomic E-state index is 9.19. The van der Waals surface area contributed by atoms with Crippen molar-refractivity contribution in [3.63, 3.8) is 0 Å². The van der Waals surface area contributed by atoms with Crippen LogP contribution < -0.4 is 0 Å². The number of hydrogen-bond donors (Lipinski definition) is 1. The van der Waals surface area contributed by atoms with Crippen LogP contribution in [0.15, 0.2) is 8.62 Å². The van der Waals surface area contributed by atoms with Crippen molar-refractivity contribution >= 4 is 19.9 Å². The zero-order valence-corrected chi connectivity index (χ0v) is 12.5. The molecule has 9 heavy (non-hydrogen) atoms. The molecule has 0 radical (unpaired) electrons. The summed E-state index contributed by atoms with van der Waals surface area (Å²) in [6.07, 6.45) is 0. The molecule has 0 spiro atoms. The molecular weight excluding hydrogens is 348 g/mol. The second-order valence-corrected chi connectivity index (χ2v) is 8.17. The molecule has 0 rings (SSSR count). The van der Waals surface area contributed by atoms with Crippen molar-refractivity contribution in [1.82, 2.24) is 0 Å². The Bertz CT molecular complexity index is 117. The molecule has 0 unspecified atom stereocenters. The van der Waals surface area contributed by atoms with E-state index in [9.17, 15) is 5.11 Å². The normalized spacial score (nSPS) is 13.2. The molecule has 0 aliphatic rings. The van der Waals surface area contributed by atoms with E-state index >= 15 is 0 Å². The van der Waals surface area contributed by atoms with E-state index in [1.807, 2.05) is 0 Å². The van der Waals surface area contributed by atoms with Crippen LogP contribution in [0.2, 0.25) is 0 Å². The third-order valence-electron chi connectivity index (χ3n) is 0.841. The summed E-state index contributed by atoms with van der Waals surface area (Å²) in [6, 6.07) is 0. The fraction of sp³-hybridized carbons (Fsp3) is 0.600. The minimum absolute atomic E-state index is 0.485. The topological polar surface area (TPSA) is 20.2 Å². The molecule has 0 amide bonds. The van der Waals surface area contributed by atoms with Crippen molar-refractivity contribution in [2.24, 2.45) is 0 Å². The molecule has 0 aromatic carbocycles. The van der Waals surface area contributed by atoms with Crippen molar-refractivity contribution in [2.75, 3.05) is 0 Å². The quantitative estimate of drug-likeness (QED) is 0.752. The zero-order chi connectivity index (χ0) is 7.49. The van der Waals surface area contributed by atoms with Gasteiger partial charge in [0.2, 0.25) is 0 Å². The number of halogens is 2. The number of aliphatic hydroxyl groups is 1. The Hall–Kier alpha value is 1.22. The van der Waals surface area contributed by atoms with Crippen molar-refractivity contribution < 1.29 is 28.4 Å². The van der Waals surface area contributed by atoms with Crippen LogP contribution in [0.3, 0.4) is 0 Å². The molecule has 0 aromatic rings. The van der Waals surface area contributed by atoms with Crippen LogP contribution in [0.5, 0.6) is 0 Å². The summed E-state index contributed by atoms with van der Waals surface area (Å²) in [5, 5.41) is 9.68. The van der Waals surface area contributed by atoms with E-state index in [4.69, 9.17) is 19.9 Å². The second-order valence-electron chi connectivity index (χ2n) is 2.27. The van der Waals surface area contributed by atoms with E-state index in [0.29, 0.717) is 5.03 Å². The van der Waals surface area contributed by atoms with E-state index in [-0.39, 0.29) is 0 Å². The van der Waals surface area contributed by atoms with E-state index in [1.54, 1.807) is 17.4 Å². The Morgan fingerprint density at radius 2 is 2.11 bits per heavy atom. The number of rotatable bonds is 2. The second kappa shape index (κ2) is 4.17. The van der Waals surface area contributed by atoms with E-state index in [0.717, 1.165) is 0 Å². The summed E-state index contributed by atoms with van der Waals surface area (Å²) in [7, 11) is 5.55. The first-order valence-electron chi connectivity index (χ1n) is 2.63. The Labute approximate surface area is 75.9 Å². The SMILES string of the molecule is CC(C)(O)/C(Cl)=[CH]\[Hg][Cl]. The van der Waals surface area contributed by atoms with Gasteiger partial charge in [-0.3, -0.25) is 0 Å². The molecule has 0 bridgehead atoms. The van der Waals surface area contributed by atoms with Gasteiger partial charge in [-0.15, -0.1) is 0 Å². The predicted octanol–water partition coefficient (Wildman–Crippen LogP) is 2.07. The molecule has 0 aliphatic heterocycles. The fourth-order valence-corrected chi connectivity index (χ4v) is 5.51. The first-order chi connectivity index (χ1) is 3.98. The Morgan fingerprint density at radius 3 is 2.22 bits per heavy atom. The van der Waals surface area contributed by atoms with Gasteiger partial charge in [0.1, 0.15) is 0 Å². The Morgan fingerprint density at radius 1 is 1.67 bits per heavy atom. The van der Waals surface area contributed by atoms with Gasteiger partial charge in [0.25, 0.3) is 0 Å².